The Morgan fingerprint density at radius 3 is 2.80 bits per heavy atom. The van der Waals surface area contributed by atoms with Crippen LogP contribution < -0.4 is 11.1 Å². The first-order valence-corrected chi connectivity index (χ1v) is 12.2. The molecule has 3 heterocycles. The fourth-order valence-electron chi connectivity index (χ4n) is 5.10. The highest BCUT2D eigenvalue weighted by atomic mass is 35.5. The van der Waals surface area contributed by atoms with Crippen molar-refractivity contribution in [1.29, 1.82) is 0 Å². The number of nitrogens with one attached hydrogen (secondary N) is 2. The van der Waals surface area contributed by atoms with Crippen molar-refractivity contribution in [3.8, 4) is 0 Å². The standard InChI is InChI=1S/C27H28ClN5O2/c1-16(27(35)32-13-19-10-22-23(28)14-31-26(22)30-12-19)33-15-18(11-24(33)25(29)34)8-17-6-7-20-4-2-3-5-21(20)9-17/h2-7,9-10,12,14,16,18,24H,8,11,13,15H2,1H3,(H2,29,34)(H,30,31)(H,32,35)/t16-,18?,24?/m0/s1. The van der Waals surface area contributed by atoms with Gasteiger partial charge in [0.25, 0.3) is 0 Å². The minimum Gasteiger partial charge on any atom is -0.368 e. The van der Waals surface area contributed by atoms with Crippen molar-refractivity contribution in [3.63, 3.8) is 0 Å². The molecule has 35 heavy (non-hydrogen) atoms. The molecule has 8 heteroatoms. The number of rotatable bonds is 7. The molecule has 180 valence electrons. The number of nitrogens with zero attached hydrogens (tertiary/aromatic N) is 2. The SMILES string of the molecule is C[C@@H](C(=O)NCc1cnc2[nH]cc(Cl)c2c1)N1CC(Cc2ccc3ccccc3c2)CC1C(N)=O. The average Bonchev–Trinajstić information content (AvgIpc) is 3.45. The fourth-order valence-corrected chi connectivity index (χ4v) is 5.30. The lowest BCUT2D eigenvalue weighted by Crippen LogP contribution is -2.51. The van der Waals surface area contributed by atoms with E-state index in [1.165, 1.54) is 16.3 Å². The maximum Gasteiger partial charge on any atom is 0.237 e. The summed E-state index contributed by atoms with van der Waals surface area (Å²) < 4.78 is 0. The van der Waals surface area contributed by atoms with E-state index in [2.05, 4.69) is 45.6 Å². The van der Waals surface area contributed by atoms with Gasteiger partial charge in [-0.1, -0.05) is 54.1 Å². The van der Waals surface area contributed by atoms with Crippen molar-refractivity contribution < 1.29 is 9.59 Å². The Morgan fingerprint density at radius 1 is 1.20 bits per heavy atom. The third-order valence-corrected chi connectivity index (χ3v) is 7.29. The smallest absolute Gasteiger partial charge is 0.237 e. The molecule has 0 bridgehead atoms. The molecular formula is C27H28ClN5O2. The van der Waals surface area contributed by atoms with E-state index in [9.17, 15) is 9.59 Å². The average molecular weight is 490 g/mol. The molecule has 2 unspecified atom stereocenters. The number of primary amides is 1. The minimum atomic E-state index is -0.485. The summed E-state index contributed by atoms with van der Waals surface area (Å²) in [6.45, 7) is 2.79. The Kier molecular flexibility index (Phi) is 6.45. The minimum absolute atomic E-state index is 0.150. The van der Waals surface area contributed by atoms with Crippen LogP contribution in [0, 0.1) is 5.92 Å². The van der Waals surface area contributed by atoms with E-state index in [0.717, 1.165) is 17.4 Å². The first-order chi connectivity index (χ1) is 16.9. The molecule has 4 aromatic rings. The van der Waals surface area contributed by atoms with E-state index in [1.807, 2.05) is 30.0 Å². The summed E-state index contributed by atoms with van der Waals surface area (Å²) in [4.78, 5) is 34.5. The van der Waals surface area contributed by atoms with Crippen LogP contribution in [0.25, 0.3) is 21.8 Å². The van der Waals surface area contributed by atoms with Crippen LogP contribution in [0.15, 0.2) is 60.9 Å². The summed E-state index contributed by atoms with van der Waals surface area (Å²) in [5, 5.41) is 6.78. The fraction of sp³-hybridized carbons (Fsp3) is 0.296. The summed E-state index contributed by atoms with van der Waals surface area (Å²) in [6, 6.07) is 15.7. The largest absolute Gasteiger partial charge is 0.368 e. The molecule has 5 rings (SSSR count). The summed E-state index contributed by atoms with van der Waals surface area (Å²) in [7, 11) is 0. The second-order valence-corrected chi connectivity index (χ2v) is 9.78. The van der Waals surface area contributed by atoms with Gasteiger partial charge in [0.05, 0.1) is 17.1 Å². The van der Waals surface area contributed by atoms with Gasteiger partial charge in [-0.05, 0) is 53.6 Å². The molecule has 0 saturated carbocycles. The third kappa shape index (κ3) is 4.88. The number of pyridine rings is 1. The zero-order chi connectivity index (χ0) is 24.5. The third-order valence-electron chi connectivity index (χ3n) is 6.97. The van der Waals surface area contributed by atoms with E-state index in [0.29, 0.717) is 30.2 Å². The number of carbonyl (C=O) groups excluding carboxylic acids is 2. The summed E-state index contributed by atoms with van der Waals surface area (Å²) in [5.74, 6) is -0.295. The number of nitrogens with two attached hydrogens (primary N) is 1. The number of hydrogen-bond donors (Lipinski definition) is 3. The van der Waals surface area contributed by atoms with Gasteiger partial charge in [0.2, 0.25) is 11.8 Å². The number of hydrogen-bond acceptors (Lipinski definition) is 4. The lowest BCUT2D eigenvalue weighted by molar-refractivity contribution is -0.129. The molecule has 4 N–H and O–H groups in total. The molecule has 1 aliphatic heterocycles. The highest BCUT2D eigenvalue weighted by Gasteiger charge is 2.40. The molecule has 2 aromatic heterocycles. The van der Waals surface area contributed by atoms with Gasteiger partial charge >= 0.3 is 0 Å². The normalized spacial score (nSPS) is 19.3. The molecule has 0 radical (unpaired) electrons. The van der Waals surface area contributed by atoms with Crippen molar-refractivity contribution in [1.82, 2.24) is 20.2 Å². The molecule has 7 nitrogen and oxygen atoms in total. The van der Waals surface area contributed by atoms with E-state index in [4.69, 9.17) is 17.3 Å². The number of H-pyrrole nitrogens is 1. The second kappa shape index (κ2) is 9.68. The van der Waals surface area contributed by atoms with E-state index >= 15 is 0 Å². The number of aromatic amines is 1. The number of halogens is 1. The summed E-state index contributed by atoms with van der Waals surface area (Å²) in [5.41, 5.74) is 8.52. The number of aromatic nitrogens is 2. The number of carbonyl (C=O) groups is 2. The van der Waals surface area contributed by atoms with Gasteiger partial charge in [0.15, 0.2) is 0 Å². The van der Waals surface area contributed by atoms with E-state index in [1.54, 1.807) is 12.4 Å². The highest BCUT2D eigenvalue weighted by Crippen LogP contribution is 2.29. The quantitative estimate of drug-likeness (QED) is 0.367. The molecule has 0 spiro atoms. The molecule has 2 amide bonds. The first kappa shape index (κ1) is 23.3. The van der Waals surface area contributed by atoms with Crippen molar-refractivity contribution in [2.75, 3.05) is 6.54 Å². The van der Waals surface area contributed by atoms with Gasteiger partial charge in [-0.2, -0.15) is 0 Å². The van der Waals surface area contributed by atoms with Crippen molar-refractivity contribution in [3.05, 3.63) is 77.1 Å². The summed E-state index contributed by atoms with van der Waals surface area (Å²) in [6.07, 6.45) is 4.88. The Balaban J connectivity index is 1.24. The zero-order valence-electron chi connectivity index (χ0n) is 19.5. The maximum atomic E-state index is 13.0. The molecule has 3 atom stereocenters. The van der Waals surface area contributed by atoms with Crippen LogP contribution in [0.3, 0.4) is 0 Å². The molecular weight excluding hydrogens is 462 g/mol. The number of amides is 2. The Hall–Kier alpha value is -3.42. The monoisotopic (exact) mass is 489 g/mol. The van der Waals surface area contributed by atoms with Gasteiger partial charge in [0.1, 0.15) is 5.65 Å². The first-order valence-electron chi connectivity index (χ1n) is 11.8. The maximum absolute atomic E-state index is 13.0. The van der Waals surface area contributed by atoms with Crippen LogP contribution in [-0.4, -0.2) is 45.3 Å². The predicted octanol–water partition coefficient (Wildman–Crippen LogP) is 3.79. The lowest BCUT2D eigenvalue weighted by Gasteiger charge is -2.28. The number of benzene rings is 2. The van der Waals surface area contributed by atoms with Gasteiger partial charge in [0, 0.05) is 30.9 Å². The van der Waals surface area contributed by atoms with Crippen molar-refractivity contribution >= 4 is 45.2 Å². The second-order valence-electron chi connectivity index (χ2n) is 9.37. The number of fused-ring (bicyclic) bond motifs is 2. The van der Waals surface area contributed by atoms with Gasteiger partial charge < -0.3 is 16.0 Å². The van der Waals surface area contributed by atoms with Gasteiger partial charge in [-0.25, -0.2) is 4.98 Å². The molecule has 1 aliphatic rings. The molecule has 1 saturated heterocycles. The number of likely N-dealkylation sites (tertiary alicyclic amines) is 1. The molecule has 1 fully saturated rings. The van der Waals surface area contributed by atoms with Crippen LogP contribution in [0.4, 0.5) is 0 Å². The summed E-state index contributed by atoms with van der Waals surface area (Å²) >= 11 is 6.18. The molecule has 2 aromatic carbocycles. The van der Waals surface area contributed by atoms with Crippen LogP contribution in [0.1, 0.15) is 24.5 Å². The van der Waals surface area contributed by atoms with Crippen molar-refractivity contribution in [2.45, 2.75) is 38.4 Å². The van der Waals surface area contributed by atoms with E-state index in [-0.39, 0.29) is 17.7 Å². The highest BCUT2D eigenvalue weighted by molar-refractivity contribution is 6.35. The van der Waals surface area contributed by atoms with Crippen molar-refractivity contribution in [2.24, 2.45) is 11.7 Å². The van der Waals surface area contributed by atoms with Crippen LogP contribution in [0.2, 0.25) is 5.02 Å². The van der Waals surface area contributed by atoms with Crippen LogP contribution in [0.5, 0.6) is 0 Å². The Morgan fingerprint density at radius 2 is 2.00 bits per heavy atom. The lowest BCUT2D eigenvalue weighted by atomic mass is 9.95. The zero-order valence-corrected chi connectivity index (χ0v) is 20.3. The predicted molar refractivity (Wildman–Crippen MR) is 138 cm³/mol. The topological polar surface area (TPSA) is 104 Å². The van der Waals surface area contributed by atoms with Crippen LogP contribution >= 0.6 is 11.6 Å². The van der Waals surface area contributed by atoms with Gasteiger partial charge in [-0.15, -0.1) is 0 Å². The Bertz CT molecular complexity index is 1400. The van der Waals surface area contributed by atoms with E-state index < -0.39 is 12.1 Å². The van der Waals surface area contributed by atoms with Crippen LogP contribution in [-0.2, 0) is 22.6 Å². The Labute approximate surface area is 208 Å². The van der Waals surface area contributed by atoms with Gasteiger partial charge in [-0.3, -0.25) is 14.5 Å². The molecule has 0 aliphatic carbocycles.